The third kappa shape index (κ3) is 3.11. The Morgan fingerprint density at radius 1 is 1.56 bits per heavy atom. The number of rotatable bonds is 6. The van der Waals surface area contributed by atoms with E-state index in [-0.39, 0.29) is 5.54 Å². The summed E-state index contributed by atoms with van der Waals surface area (Å²) in [4.78, 5) is 4.44. The molecule has 0 amide bonds. The van der Waals surface area contributed by atoms with Gasteiger partial charge in [-0.25, -0.2) is 4.98 Å². The molecule has 2 N–H and O–H groups in total. The highest BCUT2D eigenvalue weighted by atomic mass is 32.1. The molecule has 1 aliphatic heterocycles. The predicted molar refractivity (Wildman–Crippen MR) is 78.0 cm³/mol. The molecule has 0 spiro atoms. The van der Waals surface area contributed by atoms with Crippen molar-refractivity contribution >= 4 is 11.3 Å². The second-order valence-electron chi connectivity index (χ2n) is 5.88. The summed E-state index contributed by atoms with van der Waals surface area (Å²) in [6, 6.07) is 0. The van der Waals surface area contributed by atoms with Crippen LogP contribution in [-0.4, -0.2) is 23.6 Å². The van der Waals surface area contributed by atoms with Crippen molar-refractivity contribution in [3.8, 4) is 0 Å². The lowest BCUT2D eigenvalue weighted by molar-refractivity contribution is 0.277. The standard InChI is InChI=1S/C14H25N3S/c1-4-6-14(7-5-8-16-14)11-17-13(2,3)12-15-9-10-18-12/h9-10,16-17H,4-8,11H2,1-3H3. The first-order chi connectivity index (χ1) is 8.58. The highest BCUT2D eigenvalue weighted by Gasteiger charge is 2.34. The van der Waals surface area contributed by atoms with Crippen LogP contribution in [-0.2, 0) is 5.54 Å². The van der Waals surface area contributed by atoms with Crippen LogP contribution < -0.4 is 10.6 Å². The first kappa shape index (κ1) is 14.0. The summed E-state index contributed by atoms with van der Waals surface area (Å²) in [5, 5.41) is 10.6. The summed E-state index contributed by atoms with van der Waals surface area (Å²) in [6.45, 7) is 8.92. The summed E-state index contributed by atoms with van der Waals surface area (Å²) in [5.74, 6) is 0. The Morgan fingerprint density at radius 2 is 2.39 bits per heavy atom. The van der Waals surface area contributed by atoms with E-state index in [4.69, 9.17) is 0 Å². The van der Waals surface area contributed by atoms with Crippen LogP contribution in [0.2, 0.25) is 0 Å². The Balaban J connectivity index is 1.97. The normalized spacial score (nSPS) is 24.6. The smallest absolute Gasteiger partial charge is 0.112 e. The number of nitrogens with zero attached hydrogens (tertiary/aromatic N) is 1. The van der Waals surface area contributed by atoms with E-state index in [1.165, 1.54) is 37.2 Å². The zero-order valence-electron chi connectivity index (χ0n) is 11.8. The lowest BCUT2D eigenvalue weighted by Gasteiger charge is -2.34. The van der Waals surface area contributed by atoms with Crippen LogP contribution in [0.4, 0.5) is 0 Å². The number of aromatic nitrogens is 1. The number of thiazole rings is 1. The second-order valence-corrected chi connectivity index (χ2v) is 6.77. The molecule has 2 rings (SSSR count). The maximum Gasteiger partial charge on any atom is 0.112 e. The van der Waals surface area contributed by atoms with Crippen LogP contribution in [0, 0.1) is 0 Å². The fraction of sp³-hybridized carbons (Fsp3) is 0.786. The first-order valence-electron chi connectivity index (χ1n) is 6.98. The van der Waals surface area contributed by atoms with Crippen molar-refractivity contribution in [3.05, 3.63) is 16.6 Å². The van der Waals surface area contributed by atoms with Crippen molar-refractivity contribution in [1.29, 1.82) is 0 Å². The minimum Gasteiger partial charge on any atom is -0.310 e. The molecule has 1 atom stereocenters. The van der Waals surface area contributed by atoms with Crippen molar-refractivity contribution in [2.45, 2.75) is 57.5 Å². The predicted octanol–water partition coefficient (Wildman–Crippen LogP) is 2.89. The van der Waals surface area contributed by atoms with Crippen LogP contribution in [0.1, 0.15) is 51.5 Å². The van der Waals surface area contributed by atoms with Gasteiger partial charge in [-0.15, -0.1) is 11.3 Å². The topological polar surface area (TPSA) is 37.0 Å². The Labute approximate surface area is 114 Å². The molecule has 1 aliphatic rings. The number of hydrogen-bond donors (Lipinski definition) is 2. The van der Waals surface area contributed by atoms with Crippen molar-refractivity contribution in [1.82, 2.24) is 15.6 Å². The molecule has 1 unspecified atom stereocenters. The van der Waals surface area contributed by atoms with Gasteiger partial charge in [0.25, 0.3) is 0 Å². The molecular weight excluding hydrogens is 242 g/mol. The summed E-state index contributed by atoms with van der Waals surface area (Å²) in [5.41, 5.74) is 0.280. The van der Waals surface area contributed by atoms with Crippen molar-refractivity contribution < 1.29 is 0 Å². The van der Waals surface area contributed by atoms with E-state index in [1.807, 2.05) is 11.6 Å². The highest BCUT2D eigenvalue weighted by Crippen LogP contribution is 2.27. The van der Waals surface area contributed by atoms with E-state index >= 15 is 0 Å². The number of hydrogen-bond acceptors (Lipinski definition) is 4. The van der Waals surface area contributed by atoms with Gasteiger partial charge in [0.05, 0.1) is 5.54 Å². The van der Waals surface area contributed by atoms with Gasteiger partial charge in [0.15, 0.2) is 0 Å². The van der Waals surface area contributed by atoms with Crippen molar-refractivity contribution in [2.24, 2.45) is 0 Å². The van der Waals surface area contributed by atoms with Gasteiger partial charge in [0, 0.05) is 23.7 Å². The molecule has 3 nitrogen and oxygen atoms in total. The molecule has 2 heterocycles. The summed E-state index contributed by atoms with van der Waals surface area (Å²) >= 11 is 1.73. The van der Waals surface area contributed by atoms with Crippen LogP contribution in [0.15, 0.2) is 11.6 Å². The third-order valence-corrected chi connectivity index (χ3v) is 4.99. The van der Waals surface area contributed by atoms with Crippen LogP contribution in [0.25, 0.3) is 0 Å². The van der Waals surface area contributed by atoms with E-state index in [0.717, 1.165) is 6.54 Å². The van der Waals surface area contributed by atoms with Gasteiger partial charge in [-0.3, -0.25) is 0 Å². The van der Waals surface area contributed by atoms with Crippen LogP contribution in [0.3, 0.4) is 0 Å². The van der Waals surface area contributed by atoms with Crippen LogP contribution in [0.5, 0.6) is 0 Å². The van der Waals surface area contributed by atoms with Gasteiger partial charge in [-0.1, -0.05) is 13.3 Å². The molecule has 0 aromatic carbocycles. The molecule has 1 aromatic rings. The monoisotopic (exact) mass is 267 g/mol. The molecule has 1 saturated heterocycles. The molecule has 0 bridgehead atoms. The van der Waals surface area contributed by atoms with Gasteiger partial charge < -0.3 is 10.6 Å². The second kappa shape index (κ2) is 5.68. The van der Waals surface area contributed by atoms with Gasteiger partial charge >= 0.3 is 0 Å². The van der Waals surface area contributed by atoms with E-state index in [2.05, 4.69) is 36.4 Å². The maximum absolute atomic E-state index is 4.44. The maximum atomic E-state index is 4.44. The lowest BCUT2D eigenvalue weighted by atomic mass is 9.90. The highest BCUT2D eigenvalue weighted by molar-refractivity contribution is 7.09. The molecule has 0 radical (unpaired) electrons. The van der Waals surface area contributed by atoms with E-state index in [1.54, 1.807) is 11.3 Å². The summed E-state index contributed by atoms with van der Waals surface area (Å²) in [6.07, 6.45) is 6.99. The molecule has 0 aliphatic carbocycles. The summed E-state index contributed by atoms with van der Waals surface area (Å²) < 4.78 is 0. The number of nitrogens with one attached hydrogen (secondary N) is 2. The lowest BCUT2D eigenvalue weighted by Crippen LogP contribution is -2.52. The van der Waals surface area contributed by atoms with Crippen LogP contribution >= 0.6 is 11.3 Å². The van der Waals surface area contributed by atoms with Crippen molar-refractivity contribution in [3.63, 3.8) is 0 Å². The molecule has 0 saturated carbocycles. The minimum atomic E-state index is -0.0286. The van der Waals surface area contributed by atoms with E-state index in [0.29, 0.717) is 5.54 Å². The molecule has 1 aromatic heterocycles. The minimum absolute atomic E-state index is 0.0286. The van der Waals surface area contributed by atoms with E-state index in [9.17, 15) is 0 Å². The van der Waals surface area contributed by atoms with E-state index < -0.39 is 0 Å². The third-order valence-electron chi connectivity index (χ3n) is 3.90. The largest absolute Gasteiger partial charge is 0.310 e. The van der Waals surface area contributed by atoms with Gasteiger partial charge in [0.1, 0.15) is 5.01 Å². The Morgan fingerprint density at radius 3 is 2.94 bits per heavy atom. The Bertz CT molecular complexity index is 353. The molecule has 1 fully saturated rings. The molecule has 18 heavy (non-hydrogen) atoms. The molecule has 102 valence electrons. The van der Waals surface area contributed by atoms with Crippen molar-refractivity contribution in [2.75, 3.05) is 13.1 Å². The molecule has 4 heteroatoms. The SMILES string of the molecule is CCCC1(CNC(C)(C)c2nccs2)CCCN1. The average molecular weight is 267 g/mol. The zero-order valence-corrected chi connectivity index (χ0v) is 12.6. The summed E-state index contributed by atoms with van der Waals surface area (Å²) in [7, 11) is 0. The Kier molecular flexibility index (Phi) is 4.41. The van der Waals surface area contributed by atoms with Gasteiger partial charge in [-0.2, -0.15) is 0 Å². The van der Waals surface area contributed by atoms with Gasteiger partial charge in [-0.05, 0) is 39.7 Å². The zero-order chi connectivity index (χ0) is 13.1. The average Bonchev–Trinajstić information content (AvgIpc) is 2.99. The first-order valence-corrected chi connectivity index (χ1v) is 7.86. The molecular formula is C14H25N3S. The van der Waals surface area contributed by atoms with Gasteiger partial charge in [0.2, 0.25) is 0 Å². The Hall–Kier alpha value is -0.450. The quantitative estimate of drug-likeness (QED) is 0.832. The fourth-order valence-electron chi connectivity index (χ4n) is 2.80. The fourth-order valence-corrected chi connectivity index (χ4v) is 3.54.